The van der Waals surface area contributed by atoms with Crippen molar-refractivity contribution in [3.05, 3.63) is 0 Å². The standard InChI is InChI=1S/C6H16N2O2S/c1-8(2)6-4-3-5-7-11(9)10/h7H,3-6H2,1-2H3,(H,9,10)/p-1. The van der Waals surface area contributed by atoms with E-state index < -0.39 is 11.3 Å². The second-order valence-electron chi connectivity index (χ2n) is 2.64. The quantitative estimate of drug-likeness (QED) is 0.450. The second-order valence-corrected chi connectivity index (χ2v) is 3.40. The Morgan fingerprint density at radius 3 is 2.55 bits per heavy atom. The highest BCUT2D eigenvalue weighted by atomic mass is 32.2. The van der Waals surface area contributed by atoms with Crippen LogP contribution < -0.4 is 4.72 Å². The fraction of sp³-hybridized carbons (Fsp3) is 1.00. The molecule has 1 N–H and O–H groups in total. The van der Waals surface area contributed by atoms with E-state index in [4.69, 9.17) is 0 Å². The molecule has 0 fully saturated rings. The van der Waals surface area contributed by atoms with Crippen LogP contribution in [0.1, 0.15) is 12.8 Å². The van der Waals surface area contributed by atoms with Crippen LogP contribution in [0.15, 0.2) is 0 Å². The van der Waals surface area contributed by atoms with Crippen molar-refractivity contribution in [2.75, 3.05) is 27.2 Å². The van der Waals surface area contributed by atoms with Crippen LogP contribution in [-0.2, 0) is 11.3 Å². The Bertz CT molecular complexity index is 119. The highest BCUT2D eigenvalue weighted by Gasteiger charge is 1.90. The van der Waals surface area contributed by atoms with Gasteiger partial charge in [-0.25, -0.2) is 4.72 Å². The van der Waals surface area contributed by atoms with Gasteiger partial charge in [-0.1, -0.05) is 0 Å². The maximum absolute atomic E-state index is 9.97. The summed E-state index contributed by atoms with van der Waals surface area (Å²) in [5, 5.41) is 0. The molecular formula is C6H15N2O2S-. The molecule has 0 radical (unpaired) electrons. The minimum absolute atomic E-state index is 0.546. The number of nitrogens with zero attached hydrogens (tertiary/aromatic N) is 1. The van der Waals surface area contributed by atoms with Crippen LogP contribution in [0.2, 0.25) is 0 Å². The third-order valence-electron chi connectivity index (χ3n) is 1.25. The molecule has 68 valence electrons. The number of rotatable bonds is 6. The lowest BCUT2D eigenvalue weighted by atomic mass is 10.3. The Balaban J connectivity index is 2.97. The molecule has 0 aliphatic heterocycles. The van der Waals surface area contributed by atoms with Gasteiger partial charge in [0, 0.05) is 17.8 Å². The summed E-state index contributed by atoms with van der Waals surface area (Å²) in [6.07, 6.45) is 1.92. The Morgan fingerprint density at radius 2 is 2.09 bits per heavy atom. The third kappa shape index (κ3) is 10.0. The number of unbranched alkanes of at least 4 members (excludes halogenated alkanes) is 1. The van der Waals surface area contributed by atoms with Gasteiger partial charge in [0.2, 0.25) is 0 Å². The van der Waals surface area contributed by atoms with Gasteiger partial charge in [-0.05, 0) is 33.5 Å². The first-order valence-corrected chi connectivity index (χ1v) is 4.68. The van der Waals surface area contributed by atoms with E-state index in [1.54, 1.807) is 0 Å². The van der Waals surface area contributed by atoms with Crippen LogP contribution in [0.4, 0.5) is 0 Å². The molecule has 11 heavy (non-hydrogen) atoms. The predicted molar refractivity (Wildman–Crippen MR) is 44.7 cm³/mol. The van der Waals surface area contributed by atoms with Crippen molar-refractivity contribution in [1.29, 1.82) is 0 Å². The lowest BCUT2D eigenvalue weighted by Gasteiger charge is -2.09. The van der Waals surface area contributed by atoms with Gasteiger partial charge >= 0.3 is 0 Å². The molecule has 0 saturated heterocycles. The maximum Gasteiger partial charge on any atom is 0.0181 e. The smallest absolute Gasteiger partial charge is 0.0181 e. The average Bonchev–Trinajstić information content (AvgIpc) is 1.85. The van der Waals surface area contributed by atoms with Crippen LogP contribution in [0, 0.1) is 0 Å². The molecule has 1 atom stereocenters. The van der Waals surface area contributed by atoms with Crippen molar-refractivity contribution in [1.82, 2.24) is 9.62 Å². The van der Waals surface area contributed by atoms with E-state index in [2.05, 4.69) is 9.62 Å². The Labute approximate surface area is 70.4 Å². The molecule has 0 rings (SSSR count). The molecule has 4 nitrogen and oxygen atoms in total. The topological polar surface area (TPSA) is 55.4 Å². The number of nitrogens with one attached hydrogen (secondary N) is 1. The molecule has 5 heteroatoms. The van der Waals surface area contributed by atoms with E-state index in [-0.39, 0.29) is 0 Å². The van der Waals surface area contributed by atoms with E-state index in [1.165, 1.54) is 0 Å². The molecule has 0 aromatic carbocycles. The first kappa shape index (κ1) is 11.0. The zero-order valence-corrected chi connectivity index (χ0v) is 7.82. The molecule has 0 aliphatic carbocycles. The van der Waals surface area contributed by atoms with E-state index in [9.17, 15) is 8.76 Å². The summed E-state index contributed by atoms with van der Waals surface area (Å²) in [6, 6.07) is 0. The zero-order valence-electron chi connectivity index (χ0n) is 7.00. The summed E-state index contributed by atoms with van der Waals surface area (Å²) in [4.78, 5) is 2.08. The molecule has 0 spiro atoms. The molecular weight excluding hydrogens is 164 g/mol. The van der Waals surface area contributed by atoms with E-state index in [1.807, 2.05) is 14.1 Å². The van der Waals surface area contributed by atoms with Crippen LogP contribution in [-0.4, -0.2) is 40.8 Å². The molecule has 0 bridgehead atoms. The minimum Gasteiger partial charge on any atom is -0.760 e. The van der Waals surface area contributed by atoms with Crippen molar-refractivity contribution in [2.45, 2.75) is 12.8 Å². The number of hydrogen-bond donors (Lipinski definition) is 1. The van der Waals surface area contributed by atoms with Gasteiger partial charge in [0.05, 0.1) is 0 Å². The van der Waals surface area contributed by atoms with Crippen LogP contribution in [0.3, 0.4) is 0 Å². The Morgan fingerprint density at radius 1 is 1.45 bits per heavy atom. The van der Waals surface area contributed by atoms with Crippen LogP contribution >= 0.6 is 0 Å². The monoisotopic (exact) mass is 179 g/mol. The highest BCUT2D eigenvalue weighted by Crippen LogP contribution is 1.88. The van der Waals surface area contributed by atoms with Crippen LogP contribution in [0.25, 0.3) is 0 Å². The van der Waals surface area contributed by atoms with Gasteiger partial charge in [0.15, 0.2) is 0 Å². The molecule has 0 amide bonds. The molecule has 0 aromatic heterocycles. The lowest BCUT2D eigenvalue weighted by molar-refractivity contribution is 0.394. The SMILES string of the molecule is CN(C)CCCCNS(=O)[O-]. The number of hydrogen-bond acceptors (Lipinski definition) is 3. The minimum atomic E-state index is -2.09. The normalized spacial score (nSPS) is 13.8. The van der Waals surface area contributed by atoms with E-state index in [0.29, 0.717) is 6.54 Å². The molecule has 0 aliphatic rings. The van der Waals surface area contributed by atoms with Gasteiger partial charge in [-0.2, -0.15) is 0 Å². The molecule has 1 unspecified atom stereocenters. The average molecular weight is 179 g/mol. The fourth-order valence-electron chi connectivity index (χ4n) is 0.709. The first-order valence-electron chi connectivity index (χ1n) is 3.60. The summed E-state index contributed by atoms with van der Waals surface area (Å²) in [5.74, 6) is 0. The van der Waals surface area contributed by atoms with Gasteiger partial charge in [0.1, 0.15) is 0 Å². The van der Waals surface area contributed by atoms with Crippen molar-refractivity contribution < 1.29 is 8.76 Å². The highest BCUT2D eigenvalue weighted by molar-refractivity contribution is 7.77. The zero-order chi connectivity index (χ0) is 8.69. The van der Waals surface area contributed by atoms with Gasteiger partial charge in [-0.15, -0.1) is 0 Å². The Hall–Kier alpha value is 0.0300. The summed E-state index contributed by atoms with van der Waals surface area (Å²) < 4.78 is 22.3. The molecule has 0 heterocycles. The van der Waals surface area contributed by atoms with E-state index >= 15 is 0 Å². The van der Waals surface area contributed by atoms with Crippen molar-refractivity contribution >= 4 is 11.3 Å². The van der Waals surface area contributed by atoms with Gasteiger partial charge in [-0.3, -0.25) is 4.21 Å². The third-order valence-corrected chi connectivity index (χ3v) is 1.69. The lowest BCUT2D eigenvalue weighted by Crippen LogP contribution is -2.19. The summed E-state index contributed by atoms with van der Waals surface area (Å²) in [5.41, 5.74) is 0. The maximum atomic E-state index is 9.97. The molecule has 0 aromatic rings. The van der Waals surface area contributed by atoms with Crippen molar-refractivity contribution in [2.24, 2.45) is 0 Å². The van der Waals surface area contributed by atoms with Crippen LogP contribution in [0.5, 0.6) is 0 Å². The van der Waals surface area contributed by atoms with Gasteiger partial charge in [0.25, 0.3) is 0 Å². The predicted octanol–water partition coefficient (Wildman–Crippen LogP) is -0.288. The van der Waals surface area contributed by atoms with E-state index in [0.717, 1.165) is 19.4 Å². The van der Waals surface area contributed by atoms with Crippen molar-refractivity contribution in [3.8, 4) is 0 Å². The summed E-state index contributed by atoms with van der Waals surface area (Å²) in [7, 11) is 4.00. The fourth-order valence-corrected chi connectivity index (χ4v) is 1.02. The summed E-state index contributed by atoms with van der Waals surface area (Å²) in [6.45, 7) is 1.55. The molecule has 0 saturated carbocycles. The largest absolute Gasteiger partial charge is 0.760 e. The second kappa shape index (κ2) is 6.72. The Kier molecular flexibility index (Phi) is 6.74. The summed E-state index contributed by atoms with van der Waals surface area (Å²) >= 11 is -2.09. The van der Waals surface area contributed by atoms with Gasteiger partial charge < -0.3 is 9.45 Å². The first-order chi connectivity index (χ1) is 5.13. The van der Waals surface area contributed by atoms with Crippen molar-refractivity contribution in [3.63, 3.8) is 0 Å².